The molecule has 0 aromatic heterocycles. The van der Waals surface area contributed by atoms with Gasteiger partial charge in [-0.2, -0.15) is 0 Å². The molecule has 2 aliphatic carbocycles. The van der Waals surface area contributed by atoms with Gasteiger partial charge in [0.15, 0.2) is 5.78 Å². The van der Waals surface area contributed by atoms with Crippen LogP contribution in [0.25, 0.3) is 0 Å². The van der Waals surface area contributed by atoms with Crippen LogP contribution in [0.15, 0.2) is 40.7 Å². The van der Waals surface area contributed by atoms with E-state index in [0.29, 0.717) is 29.1 Å². The van der Waals surface area contributed by atoms with Crippen molar-refractivity contribution in [1.29, 1.82) is 0 Å². The van der Waals surface area contributed by atoms with Gasteiger partial charge in [0.25, 0.3) is 0 Å². The second-order valence-electron chi connectivity index (χ2n) is 10.2. The fraction of sp³-hybridized carbons (Fsp3) is 0.556. The molecule has 0 amide bonds. The van der Waals surface area contributed by atoms with Gasteiger partial charge in [-0.3, -0.25) is 4.79 Å². The molecule has 0 spiro atoms. The highest BCUT2D eigenvalue weighted by atomic mass is 16.5. The molecule has 33 heavy (non-hydrogen) atoms. The van der Waals surface area contributed by atoms with E-state index in [9.17, 15) is 9.59 Å². The van der Waals surface area contributed by atoms with Crippen molar-refractivity contribution in [1.82, 2.24) is 5.32 Å². The molecule has 0 saturated heterocycles. The summed E-state index contributed by atoms with van der Waals surface area (Å²) in [5.41, 5.74) is 3.41. The van der Waals surface area contributed by atoms with E-state index in [1.165, 1.54) is 6.42 Å². The lowest BCUT2D eigenvalue weighted by molar-refractivity contribution is -0.146. The summed E-state index contributed by atoms with van der Waals surface area (Å²) >= 11 is 0. The highest BCUT2D eigenvalue weighted by molar-refractivity contribution is 6.04. The summed E-state index contributed by atoms with van der Waals surface area (Å²) in [5, 5.41) is 3.40. The maximum Gasteiger partial charge on any atom is 0.337 e. The molecular weight excluding hydrogens is 418 g/mol. The normalized spacial score (nSPS) is 23.1. The maximum absolute atomic E-state index is 13.6. The Bertz CT molecular complexity index is 1010. The van der Waals surface area contributed by atoms with E-state index in [-0.39, 0.29) is 23.3 Å². The zero-order chi connectivity index (χ0) is 23.8. The fourth-order valence-electron chi connectivity index (χ4n) is 5.47. The average molecular weight is 454 g/mol. The second kappa shape index (κ2) is 9.24. The molecule has 1 fully saturated rings. The van der Waals surface area contributed by atoms with E-state index in [0.717, 1.165) is 49.1 Å². The lowest BCUT2D eigenvalue weighted by Crippen LogP contribution is -2.39. The van der Waals surface area contributed by atoms with Crippen molar-refractivity contribution in [2.75, 3.05) is 14.2 Å². The summed E-state index contributed by atoms with van der Waals surface area (Å²) in [5.74, 6) is 0.413. The van der Waals surface area contributed by atoms with Gasteiger partial charge in [-0.15, -0.1) is 0 Å². The monoisotopic (exact) mass is 453 g/mol. The molecule has 4 rings (SSSR count). The predicted molar refractivity (Wildman–Crippen MR) is 126 cm³/mol. The zero-order valence-electron chi connectivity index (χ0n) is 20.4. The molecule has 1 atom stereocenters. The van der Waals surface area contributed by atoms with Gasteiger partial charge in [0.2, 0.25) is 0 Å². The van der Waals surface area contributed by atoms with E-state index < -0.39 is 5.92 Å². The Morgan fingerprint density at radius 1 is 1.06 bits per heavy atom. The zero-order valence-corrected chi connectivity index (χ0v) is 20.4. The van der Waals surface area contributed by atoms with Crippen LogP contribution in [0.2, 0.25) is 0 Å². The van der Waals surface area contributed by atoms with Crippen LogP contribution in [0.3, 0.4) is 0 Å². The van der Waals surface area contributed by atoms with Crippen molar-refractivity contribution in [2.24, 2.45) is 5.41 Å². The number of hydrogen-bond donors (Lipinski definition) is 1. The molecule has 6 nitrogen and oxygen atoms in total. The minimum atomic E-state index is -0.540. The van der Waals surface area contributed by atoms with Crippen LogP contribution in [-0.4, -0.2) is 32.1 Å². The molecule has 1 aliphatic heterocycles. The second-order valence-corrected chi connectivity index (χ2v) is 10.2. The van der Waals surface area contributed by atoms with Crippen LogP contribution in [0.4, 0.5) is 0 Å². The number of dihydropyridines is 1. The highest BCUT2D eigenvalue weighted by Crippen LogP contribution is 2.49. The lowest BCUT2D eigenvalue weighted by Gasteiger charge is -2.40. The molecule has 1 N–H and O–H groups in total. The Kier molecular flexibility index (Phi) is 6.55. The Morgan fingerprint density at radius 2 is 1.79 bits per heavy atom. The van der Waals surface area contributed by atoms with E-state index in [1.54, 1.807) is 20.3 Å². The van der Waals surface area contributed by atoms with Crippen LogP contribution in [-0.2, 0) is 14.3 Å². The number of Topliss-reactive ketones (excluding diaryl/α,β-unsaturated/α-hetero) is 1. The van der Waals surface area contributed by atoms with Crippen LogP contribution in [0, 0.1) is 5.41 Å². The Balaban J connectivity index is 1.81. The number of methoxy groups -OCH3 is 2. The first-order valence-corrected chi connectivity index (χ1v) is 11.9. The van der Waals surface area contributed by atoms with Gasteiger partial charge in [-0.1, -0.05) is 26.3 Å². The minimum absolute atomic E-state index is 0.0621. The number of allylic oxidation sites excluding steroid dienone is 3. The third-order valence-electron chi connectivity index (χ3n) is 7.04. The highest BCUT2D eigenvalue weighted by Gasteiger charge is 2.44. The molecule has 6 heteroatoms. The Hall–Kier alpha value is -2.76. The van der Waals surface area contributed by atoms with Crippen molar-refractivity contribution in [3.05, 3.63) is 46.3 Å². The summed E-state index contributed by atoms with van der Waals surface area (Å²) < 4.78 is 17.1. The molecule has 3 aliphatic rings. The maximum atomic E-state index is 13.6. The Morgan fingerprint density at radius 3 is 2.45 bits per heavy atom. The van der Waals surface area contributed by atoms with E-state index in [4.69, 9.17) is 14.2 Å². The molecule has 1 heterocycles. The summed E-state index contributed by atoms with van der Waals surface area (Å²) in [7, 11) is 3.19. The molecule has 1 aromatic rings. The fourth-order valence-corrected chi connectivity index (χ4v) is 5.47. The van der Waals surface area contributed by atoms with Crippen LogP contribution in [0.1, 0.15) is 77.2 Å². The number of rotatable bonds is 5. The van der Waals surface area contributed by atoms with Crippen LogP contribution >= 0.6 is 0 Å². The van der Waals surface area contributed by atoms with Gasteiger partial charge in [0.1, 0.15) is 17.6 Å². The van der Waals surface area contributed by atoms with Crippen LogP contribution < -0.4 is 14.8 Å². The third-order valence-corrected chi connectivity index (χ3v) is 7.04. The summed E-state index contributed by atoms with van der Waals surface area (Å²) in [4.78, 5) is 27.0. The molecule has 1 saturated carbocycles. The smallest absolute Gasteiger partial charge is 0.337 e. The number of esters is 1. The first-order chi connectivity index (χ1) is 15.7. The van der Waals surface area contributed by atoms with E-state index in [1.807, 2.05) is 19.1 Å². The minimum Gasteiger partial charge on any atom is -0.497 e. The van der Waals surface area contributed by atoms with Gasteiger partial charge >= 0.3 is 5.97 Å². The van der Waals surface area contributed by atoms with Crippen molar-refractivity contribution in [3.8, 4) is 11.5 Å². The molecule has 0 radical (unpaired) electrons. The summed E-state index contributed by atoms with van der Waals surface area (Å²) in [6, 6.07) is 5.54. The first-order valence-electron chi connectivity index (χ1n) is 11.9. The van der Waals surface area contributed by atoms with Crippen LogP contribution in [0.5, 0.6) is 11.5 Å². The number of carbonyl (C=O) groups excluding carboxylic acids is 2. The number of benzene rings is 1. The molecule has 178 valence electrons. The number of hydrogen-bond acceptors (Lipinski definition) is 6. The van der Waals surface area contributed by atoms with E-state index >= 15 is 0 Å². The topological polar surface area (TPSA) is 73.9 Å². The largest absolute Gasteiger partial charge is 0.497 e. The van der Waals surface area contributed by atoms with Crippen molar-refractivity contribution >= 4 is 11.8 Å². The molecule has 1 unspecified atom stereocenters. The van der Waals surface area contributed by atoms with Gasteiger partial charge in [0.05, 0.1) is 25.7 Å². The van der Waals surface area contributed by atoms with Crippen molar-refractivity contribution in [2.45, 2.75) is 77.7 Å². The standard InChI is InChI=1S/C27H35NO5/c1-16-23(26(30)33-17-9-7-6-8-10-17)24(19-12-11-18(31-4)13-22(19)32-5)25-20(28-16)14-27(2,3)15-21(25)29/h11-13,17,24,28H,6-10,14-15H2,1-5H3. The van der Waals surface area contributed by atoms with E-state index in [2.05, 4.69) is 19.2 Å². The molecular formula is C27H35NO5. The quantitative estimate of drug-likeness (QED) is 0.619. The van der Waals surface area contributed by atoms with Gasteiger partial charge < -0.3 is 19.5 Å². The number of ether oxygens (including phenoxy) is 3. The Labute approximate surface area is 196 Å². The molecule has 0 bridgehead atoms. The predicted octanol–water partition coefficient (Wildman–Crippen LogP) is 5.18. The third kappa shape index (κ3) is 4.66. The van der Waals surface area contributed by atoms with Crippen molar-refractivity contribution < 1.29 is 23.8 Å². The van der Waals surface area contributed by atoms with Gasteiger partial charge in [-0.05, 0) is 50.5 Å². The SMILES string of the molecule is COc1ccc(C2C(C(=O)OC3CCCCC3)=C(C)NC3=C2C(=O)CC(C)(C)C3)c(OC)c1. The lowest BCUT2D eigenvalue weighted by atomic mass is 9.68. The van der Waals surface area contributed by atoms with Crippen molar-refractivity contribution in [3.63, 3.8) is 0 Å². The summed E-state index contributed by atoms with van der Waals surface area (Å²) in [6.07, 6.45) is 6.23. The average Bonchev–Trinajstić information content (AvgIpc) is 2.77. The summed E-state index contributed by atoms with van der Waals surface area (Å²) in [6.45, 7) is 6.10. The number of carbonyl (C=O) groups is 2. The molecule has 1 aromatic carbocycles. The van der Waals surface area contributed by atoms with Gasteiger partial charge in [-0.25, -0.2) is 4.79 Å². The number of nitrogens with one attached hydrogen (secondary N) is 1. The number of ketones is 1. The van der Waals surface area contributed by atoms with Gasteiger partial charge in [0, 0.05) is 35.0 Å². The first kappa shape index (κ1) is 23.4.